The molecule has 108 valence electrons. The molecule has 1 heterocycles. The number of nitrogens with two attached hydrogens (primary N) is 1. The molecule has 6 heteroatoms. The van der Waals surface area contributed by atoms with E-state index in [1.807, 2.05) is 0 Å². The molecule has 1 aliphatic carbocycles. The standard InChI is InChI=1S/C13H23N3O3/c14-12(19)16-7-3-4-10(8-16)11(18)15-13(9-17)5-1-2-6-13/h10,17H,1-9H2,(H2,14,19)(H,15,18). The van der Waals surface area contributed by atoms with E-state index in [9.17, 15) is 14.7 Å². The highest BCUT2D eigenvalue weighted by Gasteiger charge is 2.37. The molecule has 1 unspecified atom stereocenters. The summed E-state index contributed by atoms with van der Waals surface area (Å²) < 4.78 is 0. The first kappa shape index (κ1) is 14.1. The minimum Gasteiger partial charge on any atom is -0.394 e. The van der Waals surface area contributed by atoms with Crippen molar-refractivity contribution in [3.05, 3.63) is 0 Å². The summed E-state index contributed by atoms with van der Waals surface area (Å²) in [6.07, 6.45) is 5.32. The zero-order valence-corrected chi connectivity index (χ0v) is 11.2. The van der Waals surface area contributed by atoms with Crippen LogP contribution in [-0.4, -0.2) is 47.2 Å². The molecule has 1 saturated heterocycles. The number of aliphatic hydroxyl groups is 1. The van der Waals surface area contributed by atoms with E-state index in [1.54, 1.807) is 0 Å². The first-order chi connectivity index (χ1) is 9.06. The highest BCUT2D eigenvalue weighted by Crippen LogP contribution is 2.30. The normalized spacial score (nSPS) is 26.2. The number of primary amides is 1. The second-order valence-corrected chi connectivity index (χ2v) is 5.76. The van der Waals surface area contributed by atoms with Gasteiger partial charge in [-0.2, -0.15) is 0 Å². The lowest BCUT2D eigenvalue weighted by Gasteiger charge is -2.34. The second kappa shape index (κ2) is 5.77. The maximum Gasteiger partial charge on any atom is 0.314 e. The highest BCUT2D eigenvalue weighted by molar-refractivity contribution is 5.81. The predicted molar refractivity (Wildman–Crippen MR) is 70.3 cm³/mol. The summed E-state index contributed by atoms with van der Waals surface area (Å²) in [5.41, 5.74) is 4.82. The average molecular weight is 269 g/mol. The van der Waals surface area contributed by atoms with Crippen molar-refractivity contribution in [2.24, 2.45) is 11.7 Å². The third-order valence-corrected chi connectivity index (χ3v) is 4.36. The zero-order valence-electron chi connectivity index (χ0n) is 11.2. The first-order valence-corrected chi connectivity index (χ1v) is 7.04. The van der Waals surface area contributed by atoms with Crippen LogP contribution in [0.3, 0.4) is 0 Å². The van der Waals surface area contributed by atoms with Gasteiger partial charge in [0.25, 0.3) is 0 Å². The molecule has 0 radical (unpaired) electrons. The van der Waals surface area contributed by atoms with Crippen molar-refractivity contribution >= 4 is 11.9 Å². The summed E-state index contributed by atoms with van der Waals surface area (Å²) in [5.74, 6) is -0.257. The molecule has 4 N–H and O–H groups in total. The molecule has 2 rings (SSSR count). The Balaban J connectivity index is 1.93. The number of aliphatic hydroxyl groups excluding tert-OH is 1. The smallest absolute Gasteiger partial charge is 0.314 e. The van der Waals surface area contributed by atoms with Gasteiger partial charge in [0.1, 0.15) is 0 Å². The van der Waals surface area contributed by atoms with E-state index in [0.717, 1.165) is 38.5 Å². The second-order valence-electron chi connectivity index (χ2n) is 5.76. The van der Waals surface area contributed by atoms with Crippen molar-refractivity contribution in [2.75, 3.05) is 19.7 Å². The van der Waals surface area contributed by atoms with Gasteiger partial charge >= 0.3 is 6.03 Å². The van der Waals surface area contributed by atoms with Crippen molar-refractivity contribution in [3.63, 3.8) is 0 Å². The van der Waals surface area contributed by atoms with Gasteiger partial charge in [-0.1, -0.05) is 12.8 Å². The number of rotatable bonds is 3. The van der Waals surface area contributed by atoms with Crippen LogP contribution in [0, 0.1) is 5.92 Å². The van der Waals surface area contributed by atoms with Crippen molar-refractivity contribution in [1.82, 2.24) is 10.2 Å². The number of carbonyl (C=O) groups is 2. The molecule has 19 heavy (non-hydrogen) atoms. The third-order valence-electron chi connectivity index (χ3n) is 4.36. The average Bonchev–Trinajstić information content (AvgIpc) is 2.88. The highest BCUT2D eigenvalue weighted by atomic mass is 16.3. The van der Waals surface area contributed by atoms with E-state index in [0.29, 0.717) is 13.1 Å². The molecule has 0 aromatic carbocycles. The van der Waals surface area contributed by atoms with E-state index in [-0.39, 0.29) is 18.4 Å². The largest absolute Gasteiger partial charge is 0.394 e. The number of hydrogen-bond donors (Lipinski definition) is 3. The number of urea groups is 1. The fraction of sp³-hybridized carbons (Fsp3) is 0.846. The molecule has 0 spiro atoms. The molecular weight excluding hydrogens is 246 g/mol. The van der Waals surface area contributed by atoms with Crippen molar-refractivity contribution in [1.29, 1.82) is 0 Å². The summed E-state index contributed by atoms with van der Waals surface area (Å²) in [6.45, 7) is 1.01. The van der Waals surface area contributed by atoms with Gasteiger partial charge in [0.2, 0.25) is 5.91 Å². The van der Waals surface area contributed by atoms with Crippen LogP contribution < -0.4 is 11.1 Å². The van der Waals surface area contributed by atoms with Gasteiger partial charge in [-0.15, -0.1) is 0 Å². The molecule has 1 saturated carbocycles. The maximum absolute atomic E-state index is 12.3. The number of nitrogens with one attached hydrogen (secondary N) is 1. The van der Waals surface area contributed by atoms with Crippen LogP contribution in [-0.2, 0) is 4.79 Å². The van der Waals surface area contributed by atoms with Gasteiger partial charge in [0.15, 0.2) is 0 Å². The Hall–Kier alpha value is -1.30. The summed E-state index contributed by atoms with van der Waals surface area (Å²) in [4.78, 5) is 25.0. The zero-order chi connectivity index (χ0) is 13.9. The lowest BCUT2D eigenvalue weighted by molar-refractivity contribution is -0.128. The molecule has 0 bridgehead atoms. The molecule has 2 aliphatic rings. The Morgan fingerprint density at radius 3 is 2.58 bits per heavy atom. The topological polar surface area (TPSA) is 95.7 Å². The lowest BCUT2D eigenvalue weighted by Crippen LogP contribution is -2.54. The number of hydrogen-bond acceptors (Lipinski definition) is 3. The Morgan fingerprint density at radius 1 is 1.32 bits per heavy atom. The van der Waals surface area contributed by atoms with Crippen LogP contribution in [0.25, 0.3) is 0 Å². The van der Waals surface area contributed by atoms with Gasteiger partial charge in [-0.25, -0.2) is 4.79 Å². The van der Waals surface area contributed by atoms with Crippen LogP contribution in [0.15, 0.2) is 0 Å². The van der Waals surface area contributed by atoms with Gasteiger partial charge in [-0.05, 0) is 25.7 Å². The summed E-state index contributed by atoms with van der Waals surface area (Å²) in [5, 5.41) is 12.5. The number of likely N-dealkylation sites (tertiary alicyclic amines) is 1. The van der Waals surface area contributed by atoms with Crippen LogP contribution in [0.2, 0.25) is 0 Å². The molecule has 6 nitrogen and oxygen atoms in total. The fourth-order valence-electron chi connectivity index (χ4n) is 3.13. The number of carbonyl (C=O) groups excluding carboxylic acids is 2. The van der Waals surface area contributed by atoms with Gasteiger partial charge in [0, 0.05) is 13.1 Å². The van der Waals surface area contributed by atoms with Gasteiger partial charge in [-0.3, -0.25) is 4.79 Å². The molecule has 0 aromatic rings. The number of amides is 3. The Kier molecular flexibility index (Phi) is 4.29. The van der Waals surface area contributed by atoms with E-state index < -0.39 is 11.6 Å². The summed E-state index contributed by atoms with van der Waals surface area (Å²) in [6, 6.07) is -0.463. The van der Waals surface area contributed by atoms with Crippen molar-refractivity contribution in [3.8, 4) is 0 Å². The minimum absolute atomic E-state index is 0.00893. The van der Waals surface area contributed by atoms with Crippen molar-refractivity contribution in [2.45, 2.75) is 44.1 Å². The Labute approximate surface area is 113 Å². The lowest BCUT2D eigenvalue weighted by atomic mass is 9.93. The van der Waals surface area contributed by atoms with Crippen LogP contribution in [0.1, 0.15) is 38.5 Å². The van der Waals surface area contributed by atoms with E-state index in [4.69, 9.17) is 5.73 Å². The number of piperidine rings is 1. The fourth-order valence-corrected chi connectivity index (χ4v) is 3.13. The Bertz CT molecular complexity index is 353. The third kappa shape index (κ3) is 3.18. The van der Waals surface area contributed by atoms with Crippen LogP contribution >= 0.6 is 0 Å². The molecule has 1 aliphatic heterocycles. The number of nitrogens with zero attached hydrogens (tertiary/aromatic N) is 1. The quantitative estimate of drug-likeness (QED) is 0.683. The molecular formula is C13H23N3O3. The first-order valence-electron chi connectivity index (χ1n) is 7.04. The molecule has 3 amide bonds. The van der Waals surface area contributed by atoms with Crippen LogP contribution in [0.4, 0.5) is 4.79 Å². The molecule has 2 fully saturated rings. The van der Waals surface area contributed by atoms with E-state index in [2.05, 4.69) is 5.32 Å². The van der Waals surface area contributed by atoms with Crippen molar-refractivity contribution < 1.29 is 14.7 Å². The minimum atomic E-state index is -0.463. The predicted octanol–water partition coefficient (Wildman–Crippen LogP) is 0.198. The van der Waals surface area contributed by atoms with E-state index >= 15 is 0 Å². The monoisotopic (exact) mass is 269 g/mol. The summed E-state index contributed by atoms with van der Waals surface area (Å²) in [7, 11) is 0. The molecule has 1 atom stereocenters. The van der Waals surface area contributed by atoms with Gasteiger partial charge < -0.3 is 21.1 Å². The van der Waals surface area contributed by atoms with E-state index in [1.165, 1.54) is 4.90 Å². The maximum atomic E-state index is 12.3. The van der Waals surface area contributed by atoms with Crippen LogP contribution in [0.5, 0.6) is 0 Å². The van der Waals surface area contributed by atoms with Gasteiger partial charge in [0.05, 0.1) is 18.1 Å². The SMILES string of the molecule is NC(=O)N1CCCC(C(=O)NC2(CO)CCCC2)C1. The Morgan fingerprint density at radius 2 is 2.00 bits per heavy atom. The summed E-state index contributed by atoms with van der Waals surface area (Å²) >= 11 is 0. The molecule has 0 aromatic heterocycles.